The average Bonchev–Trinajstić information content (AvgIpc) is 3.03. The van der Waals surface area contributed by atoms with Gasteiger partial charge < -0.3 is 14.6 Å². The molecule has 0 aliphatic carbocycles. The van der Waals surface area contributed by atoms with E-state index in [-0.39, 0.29) is 40.1 Å². The zero-order valence-electron chi connectivity index (χ0n) is 14.7. The van der Waals surface area contributed by atoms with Gasteiger partial charge in [-0.25, -0.2) is 8.78 Å². The van der Waals surface area contributed by atoms with Crippen LogP contribution in [0, 0.1) is 28.7 Å². The number of nitro groups is 1. The molecule has 0 saturated carbocycles. The number of ether oxygens (including phenoxy) is 1. The quantitative estimate of drug-likeness (QED) is 0.456. The Hall–Kier alpha value is -3.53. The summed E-state index contributed by atoms with van der Waals surface area (Å²) in [6, 6.07) is 6.51. The van der Waals surface area contributed by atoms with Crippen molar-refractivity contribution in [1.82, 2.24) is 5.16 Å². The number of carbonyl (C=O) groups is 1. The molecule has 29 heavy (non-hydrogen) atoms. The summed E-state index contributed by atoms with van der Waals surface area (Å²) >= 11 is 5.75. The Balaban J connectivity index is 1.82. The molecule has 0 aliphatic rings. The number of anilines is 1. The third kappa shape index (κ3) is 4.49. The van der Waals surface area contributed by atoms with Gasteiger partial charge in [-0.1, -0.05) is 16.8 Å². The molecule has 0 unspecified atom stereocenters. The predicted octanol–water partition coefficient (Wildman–Crippen LogP) is 4.65. The fourth-order valence-corrected chi connectivity index (χ4v) is 2.59. The second kappa shape index (κ2) is 8.23. The third-order valence-electron chi connectivity index (χ3n) is 3.87. The number of amides is 1. The molecule has 0 spiro atoms. The van der Waals surface area contributed by atoms with Crippen LogP contribution in [0.1, 0.15) is 21.8 Å². The van der Waals surface area contributed by atoms with E-state index in [1.165, 1.54) is 19.1 Å². The first-order valence-electron chi connectivity index (χ1n) is 8.04. The van der Waals surface area contributed by atoms with Crippen LogP contribution < -0.4 is 10.1 Å². The molecule has 0 radical (unpaired) electrons. The standard InChI is InChI=1S/C18H12ClF2N3O5/c1-9-12(8-28-16-5-3-11(20)7-13(16)21)17(23-29-9)18(25)22-14-4-2-10(19)6-15(14)24(26)27/h2-7H,8H2,1H3,(H,22,25). The molecule has 3 aromatic rings. The van der Waals surface area contributed by atoms with E-state index in [1.807, 2.05) is 0 Å². The minimum atomic E-state index is -0.915. The van der Waals surface area contributed by atoms with Crippen LogP contribution in [0.15, 0.2) is 40.9 Å². The lowest BCUT2D eigenvalue weighted by Crippen LogP contribution is -2.16. The summed E-state index contributed by atoms with van der Waals surface area (Å²) in [7, 11) is 0. The zero-order valence-corrected chi connectivity index (χ0v) is 15.5. The Morgan fingerprint density at radius 2 is 2.07 bits per heavy atom. The summed E-state index contributed by atoms with van der Waals surface area (Å²) < 4.78 is 37.0. The molecule has 0 bridgehead atoms. The Morgan fingerprint density at radius 1 is 1.31 bits per heavy atom. The molecule has 8 nitrogen and oxygen atoms in total. The van der Waals surface area contributed by atoms with Gasteiger partial charge in [0.2, 0.25) is 0 Å². The van der Waals surface area contributed by atoms with Crippen molar-refractivity contribution in [1.29, 1.82) is 0 Å². The minimum absolute atomic E-state index is 0.0958. The Morgan fingerprint density at radius 3 is 2.76 bits per heavy atom. The highest BCUT2D eigenvalue weighted by Gasteiger charge is 2.24. The molecule has 1 N–H and O–H groups in total. The number of rotatable bonds is 6. The molecule has 0 saturated heterocycles. The van der Waals surface area contributed by atoms with Crippen molar-refractivity contribution < 1.29 is 27.8 Å². The van der Waals surface area contributed by atoms with Gasteiger partial charge >= 0.3 is 0 Å². The first kappa shape index (κ1) is 20.2. The van der Waals surface area contributed by atoms with Crippen molar-refractivity contribution >= 4 is 28.9 Å². The maximum absolute atomic E-state index is 13.7. The van der Waals surface area contributed by atoms with Gasteiger partial charge in [0.15, 0.2) is 17.3 Å². The molecule has 0 atom stereocenters. The summed E-state index contributed by atoms with van der Waals surface area (Å²) in [6.07, 6.45) is 0. The number of nitro benzene ring substituents is 1. The summed E-state index contributed by atoms with van der Waals surface area (Å²) in [5.41, 5.74) is -0.504. The van der Waals surface area contributed by atoms with Gasteiger partial charge in [-0.15, -0.1) is 0 Å². The van der Waals surface area contributed by atoms with Crippen LogP contribution in [0.25, 0.3) is 0 Å². The fourth-order valence-electron chi connectivity index (χ4n) is 2.42. The van der Waals surface area contributed by atoms with E-state index >= 15 is 0 Å². The van der Waals surface area contributed by atoms with Gasteiger partial charge in [-0.05, 0) is 31.2 Å². The summed E-state index contributed by atoms with van der Waals surface area (Å²) in [5, 5.41) is 17.3. The highest BCUT2D eigenvalue weighted by molar-refractivity contribution is 6.31. The van der Waals surface area contributed by atoms with E-state index in [0.29, 0.717) is 6.07 Å². The average molecular weight is 424 g/mol. The van der Waals surface area contributed by atoms with E-state index in [0.717, 1.165) is 18.2 Å². The number of hydrogen-bond donors (Lipinski definition) is 1. The van der Waals surface area contributed by atoms with E-state index in [1.54, 1.807) is 0 Å². The molecule has 1 amide bonds. The topological polar surface area (TPSA) is 108 Å². The maximum atomic E-state index is 13.7. The van der Waals surface area contributed by atoms with Crippen LogP contribution in [0.4, 0.5) is 20.2 Å². The number of benzene rings is 2. The van der Waals surface area contributed by atoms with Gasteiger partial charge in [0.25, 0.3) is 11.6 Å². The Kier molecular flexibility index (Phi) is 5.74. The molecule has 0 fully saturated rings. The highest BCUT2D eigenvalue weighted by atomic mass is 35.5. The largest absolute Gasteiger partial charge is 0.486 e. The van der Waals surface area contributed by atoms with Gasteiger partial charge in [-0.2, -0.15) is 0 Å². The first-order chi connectivity index (χ1) is 13.8. The zero-order chi connectivity index (χ0) is 21.1. The van der Waals surface area contributed by atoms with Crippen LogP contribution in [-0.2, 0) is 6.61 Å². The lowest BCUT2D eigenvalue weighted by molar-refractivity contribution is -0.383. The predicted molar refractivity (Wildman–Crippen MR) is 98.0 cm³/mol. The van der Waals surface area contributed by atoms with Crippen LogP contribution >= 0.6 is 11.6 Å². The molecular weight excluding hydrogens is 412 g/mol. The Labute approximate surface area is 167 Å². The molecule has 2 aromatic carbocycles. The van der Waals surface area contributed by atoms with Crippen molar-refractivity contribution in [2.45, 2.75) is 13.5 Å². The van der Waals surface area contributed by atoms with Crippen molar-refractivity contribution in [3.8, 4) is 5.75 Å². The minimum Gasteiger partial charge on any atom is -0.486 e. The van der Waals surface area contributed by atoms with E-state index in [2.05, 4.69) is 10.5 Å². The van der Waals surface area contributed by atoms with Crippen molar-refractivity contribution in [2.24, 2.45) is 0 Å². The summed E-state index contributed by atoms with van der Waals surface area (Å²) in [5.74, 6) is -2.48. The van der Waals surface area contributed by atoms with Crippen LogP contribution in [0.5, 0.6) is 5.75 Å². The molecule has 3 rings (SSSR count). The van der Waals surface area contributed by atoms with Crippen LogP contribution in [0.2, 0.25) is 5.02 Å². The van der Waals surface area contributed by atoms with E-state index < -0.39 is 28.2 Å². The van der Waals surface area contributed by atoms with E-state index in [4.69, 9.17) is 20.9 Å². The second-order valence-corrected chi connectivity index (χ2v) is 6.24. The molecule has 11 heteroatoms. The Bertz CT molecular complexity index is 1100. The first-order valence-corrected chi connectivity index (χ1v) is 8.42. The van der Waals surface area contributed by atoms with Gasteiger partial charge in [0.1, 0.15) is 23.9 Å². The number of aromatic nitrogens is 1. The smallest absolute Gasteiger partial charge is 0.294 e. The number of hydrogen-bond acceptors (Lipinski definition) is 6. The molecule has 0 aliphatic heterocycles. The van der Waals surface area contributed by atoms with Crippen molar-refractivity contribution in [3.05, 3.63) is 80.2 Å². The van der Waals surface area contributed by atoms with Crippen molar-refractivity contribution in [2.75, 3.05) is 5.32 Å². The normalized spacial score (nSPS) is 10.6. The lowest BCUT2D eigenvalue weighted by Gasteiger charge is -2.08. The lowest BCUT2D eigenvalue weighted by atomic mass is 10.2. The molecule has 1 aromatic heterocycles. The SMILES string of the molecule is Cc1onc(C(=O)Nc2ccc(Cl)cc2[N+](=O)[O-])c1COc1ccc(F)cc1F. The fraction of sp³-hybridized carbons (Fsp3) is 0.111. The summed E-state index contributed by atoms with van der Waals surface area (Å²) in [4.78, 5) is 23.0. The number of aryl methyl sites for hydroxylation is 1. The number of nitrogens with zero attached hydrogens (tertiary/aromatic N) is 2. The van der Waals surface area contributed by atoms with Gasteiger partial charge in [-0.3, -0.25) is 14.9 Å². The van der Waals surface area contributed by atoms with E-state index in [9.17, 15) is 23.7 Å². The van der Waals surface area contributed by atoms with Crippen LogP contribution in [0.3, 0.4) is 0 Å². The van der Waals surface area contributed by atoms with Gasteiger partial charge in [0.05, 0.1) is 10.5 Å². The maximum Gasteiger partial charge on any atom is 0.294 e. The second-order valence-electron chi connectivity index (χ2n) is 5.80. The summed E-state index contributed by atoms with van der Waals surface area (Å²) in [6.45, 7) is 1.21. The van der Waals surface area contributed by atoms with Crippen LogP contribution in [-0.4, -0.2) is 16.0 Å². The molecule has 150 valence electrons. The third-order valence-corrected chi connectivity index (χ3v) is 4.11. The monoisotopic (exact) mass is 423 g/mol. The number of halogens is 3. The molecular formula is C18H12ClF2N3O5. The van der Waals surface area contributed by atoms with Crippen molar-refractivity contribution in [3.63, 3.8) is 0 Å². The van der Waals surface area contributed by atoms with Gasteiger partial charge in [0, 0.05) is 17.2 Å². The highest BCUT2D eigenvalue weighted by Crippen LogP contribution is 2.29. The molecule has 1 heterocycles. The number of nitrogens with one attached hydrogen (secondary N) is 1. The number of carbonyl (C=O) groups excluding carboxylic acids is 1.